The fraction of sp³-hybridized carbons (Fsp3) is 0.650. The van der Waals surface area contributed by atoms with Crippen molar-refractivity contribution >= 4 is 5.96 Å². The van der Waals surface area contributed by atoms with Gasteiger partial charge in [0.2, 0.25) is 0 Å². The molecule has 0 amide bonds. The second kappa shape index (κ2) is 9.78. The molecule has 2 N–H and O–H groups in total. The molecule has 2 unspecified atom stereocenters. The van der Waals surface area contributed by atoms with E-state index < -0.39 is 0 Å². The maximum absolute atomic E-state index is 5.65. The van der Waals surface area contributed by atoms with E-state index in [9.17, 15) is 0 Å². The zero-order chi connectivity index (χ0) is 17.3. The van der Waals surface area contributed by atoms with Crippen molar-refractivity contribution in [1.82, 2.24) is 15.5 Å². The zero-order valence-corrected chi connectivity index (χ0v) is 15.4. The molecular weight excluding hydrogens is 312 g/mol. The van der Waals surface area contributed by atoms with Crippen LogP contribution >= 0.6 is 0 Å². The van der Waals surface area contributed by atoms with Gasteiger partial charge >= 0.3 is 0 Å². The maximum Gasteiger partial charge on any atom is 0.191 e. The van der Waals surface area contributed by atoms with Crippen LogP contribution in [0.25, 0.3) is 0 Å². The molecule has 0 aromatic heterocycles. The van der Waals surface area contributed by atoms with E-state index in [1.807, 2.05) is 7.05 Å². The molecule has 0 bridgehead atoms. The first-order valence-corrected chi connectivity index (χ1v) is 9.66. The summed E-state index contributed by atoms with van der Waals surface area (Å²) in [4.78, 5) is 6.92. The van der Waals surface area contributed by atoms with Crippen LogP contribution < -0.4 is 10.6 Å². The number of nitrogens with zero attached hydrogens (tertiary/aromatic N) is 2. The van der Waals surface area contributed by atoms with Gasteiger partial charge in [-0.2, -0.15) is 0 Å². The molecule has 0 aliphatic carbocycles. The van der Waals surface area contributed by atoms with E-state index in [0.29, 0.717) is 12.0 Å². The lowest BCUT2D eigenvalue weighted by molar-refractivity contribution is 0.114. The molecule has 2 atom stereocenters. The van der Waals surface area contributed by atoms with Crippen LogP contribution in [0.2, 0.25) is 0 Å². The minimum Gasteiger partial charge on any atom is -0.376 e. The summed E-state index contributed by atoms with van der Waals surface area (Å²) in [6.07, 6.45) is 5.09. The number of ether oxygens (including phenoxy) is 1. The Morgan fingerprint density at radius 3 is 2.80 bits per heavy atom. The number of hydrogen-bond acceptors (Lipinski definition) is 3. The zero-order valence-electron chi connectivity index (χ0n) is 15.4. The Hall–Kier alpha value is -1.59. The Kier molecular flexibility index (Phi) is 7.12. The average molecular weight is 345 g/mol. The Balaban J connectivity index is 1.31. The Labute approximate surface area is 151 Å². The molecule has 5 heteroatoms. The van der Waals surface area contributed by atoms with Gasteiger partial charge in [0.1, 0.15) is 0 Å². The summed E-state index contributed by atoms with van der Waals surface area (Å²) in [7, 11) is 1.84. The van der Waals surface area contributed by atoms with Crippen molar-refractivity contribution in [2.75, 3.05) is 46.4 Å². The van der Waals surface area contributed by atoms with E-state index in [1.165, 1.54) is 31.5 Å². The number of guanidine groups is 1. The summed E-state index contributed by atoms with van der Waals surface area (Å²) in [5, 5.41) is 6.88. The number of likely N-dealkylation sites (tertiary alicyclic amines) is 1. The molecule has 2 heterocycles. The molecule has 0 radical (unpaired) electrons. The molecule has 2 saturated heterocycles. The standard InChI is InChI=1S/C20H32N4O/c1-21-20(23-15-19-8-5-13-25-19)22-14-18-10-12-24(16-18)11-9-17-6-3-2-4-7-17/h2-4,6-7,18-19H,5,8-16H2,1H3,(H2,21,22,23). The second-order valence-electron chi connectivity index (χ2n) is 7.16. The van der Waals surface area contributed by atoms with Crippen LogP contribution in [-0.2, 0) is 11.2 Å². The topological polar surface area (TPSA) is 48.9 Å². The summed E-state index contributed by atoms with van der Waals surface area (Å²) >= 11 is 0. The highest BCUT2D eigenvalue weighted by atomic mass is 16.5. The molecule has 0 spiro atoms. The Bertz CT molecular complexity index is 528. The molecule has 25 heavy (non-hydrogen) atoms. The third kappa shape index (κ3) is 6.01. The van der Waals surface area contributed by atoms with Crippen molar-refractivity contribution in [2.24, 2.45) is 10.9 Å². The van der Waals surface area contributed by atoms with Crippen molar-refractivity contribution in [2.45, 2.75) is 31.8 Å². The van der Waals surface area contributed by atoms with Crippen LogP contribution in [0, 0.1) is 5.92 Å². The first-order valence-electron chi connectivity index (χ1n) is 9.66. The fourth-order valence-electron chi connectivity index (χ4n) is 3.69. The SMILES string of the molecule is CN=C(NCC1CCN(CCc2ccccc2)C1)NCC1CCCO1. The van der Waals surface area contributed by atoms with Gasteiger partial charge < -0.3 is 20.3 Å². The van der Waals surface area contributed by atoms with Gasteiger partial charge in [-0.05, 0) is 43.7 Å². The van der Waals surface area contributed by atoms with E-state index in [2.05, 4.69) is 50.9 Å². The molecule has 2 aliphatic rings. The number of aliphatic imine (C=N–C) groups is 1. The quantitative estimate of drug-likeness (QED) is 0.586. The van der Waals surface area contributed by atoms with Gasteiger partial charge in [-0.1, -0.05) is 30.3 Å². The second-order valence-corrected chi connectivity index (χ2v) is 7.16. The molecule has 0 saturated carbocycles. The minimum atomic E-state index is 0.346. The lowest BCUT2D eigenvalue weighted by Gasteiger charge is -2.18. The Morgan fingerprint density at radius 1 is 1.20 bits per heavy atom. The van der Waals surface area contributed by atoms with Crippen LogP contribution in [0.1, 0.15) is 24.8 Å². The normalized spacial score (nSPS) is 24.6. The van der Waals surface area contributed by atoms with Gasteiger partial charge in [0.25, 0.3) is 0 Å². The van der Waals surface area contributed by atoms with Gasteiger partial charge in [-0.25, -0.2) is 0 Å². The molecule has 1 aromatic carbocycles. The highest BCUT2D eigenvalue weighted by Crippen LogP contribution is 2.16. The van der Waals surface area contributed by atoms with Crippen molar-refractivity contribution in [3.63, 3.8) is 0 Å². The molecule has 1 aromatic rings. The average Bonchev–Trinajstić information content (AvgIpc) is 3.33. The first-order chi connectivity index (χ1) is 12.3. The van der Waals surface area contributed by atoms with Gasteiger partial charge in [-0.15, -0.1) is 0 Å². The maximum atomic E-state index is 5.65. The summed E-state index contributed by atoms with van der Waals surface area (Å²) in [5.41, 5.74) is 1.43. The van der Waals surface area contributed by atoms with Crippen molar-refractivity contribution in [1.29, 1.82) is 0 Å². The molecule has 5 nitrogen and oxygen atoms in total. The van der Waals surface area contributed by atoms with Gasteiger partial charge in [0, 0.05) is 39.8 Å². The van der Waals surface area contributed by atoms with Gasteiger partial charge in [-0.3, -0.25) is 4.99 Å². The lowest BCUT2D eigenvalue weighted by atomic mass is 10.1. The highest BCUT2D eigenvalue weighted by molar-refractivity contribution is 5.79. The van der Waals surface area contributed by atoms with E-state index in [1.54, 1.807) is 0 Å². The molecule has 2 aliphatic heterocycles. The van der Waals surface area contributed by atoms with Crippen molar-refractivity contribution < 1.29 is 4.74 Å². The van der Waals surface area contributed by atoms with Gasteiger partial charge in [0.05, 0.1) is 6.10 Å². The van der Waals surface area contributed by atoms with Crippen LogP contribution in [0.5, 0.6) is 0 Å². The summed E-state index contributed by atoms with van der Waals surface area (Å²) in [5.74, 6) is 1.61. The minimum absolute atomic E-state index is 0.346. The largest absolute Gasteiger partial charge is 0.376 e. The molecular formula is C20H32N4O. The van der Waals surface area contributed by atoms with E-state index >= 15 is 0 Å². The van der Waals surface area contributed by atoms with Crippen LogP contribution in [0.4, 0.5) is 0 Å². The number of hydrogen-bond donors (Lipinski definition) is 2. The van der Waals surface area contributed by atoms with Crippen molar-refractivity contribution in [3.8, 4) is 0 Å². The summed E-state index contributed by atoms with van der Waals surface area (Å²) < 4.78 is 5.65. The predicted octanol–water partition coefficient (Wildman–Crippen LogP) is 1.89. The lowest BCUT2D eigenvalue weighted by Crippen LogP contribution is -2.43. The smallest absolute Gasteiger partial charge is 0.191 e. The monoisotopic (exact) mass is 344 g/mol. The summed E-state index contributed by atoms with van der Waals surface area (Å²) in [6.45, 7) is 6.30. The first kappa shape index (κ1) is 18.2. The number of benzene rings is 1. The van der Waals surface area contributed by atoms with E-state index in [-0.39, 0.29) is 0 Å². The molecule has 138 valence electrons. The van der Waals surface area contributed by atoms with Crippen LogP contribution in [0.3, 0.4) is 0 Å². The van der Waals surface area contributed by atoms with E-state index in [4.69, 9.17) is 4.74 Å². The van der Waals surface area contributed by atoms with Crippen LogP contribution in [-0.4, -0.2) is 63.3 Å². The molecule has 2 fully saturated rings. The number of nitrogens with one attached hydrogen (secondary N) is 2. The third-order valence-electron chi connectivity index (χ3n) is 5.23. The molecule has 3 rings (SSSR count). The summed E-state index contributed by atoms with van der Waals surface area (Å²) in [6, 6.07) is 10.8. The highest BCUT2D eigenvalue weighted by Gasteiger charge is 2.22. The number of rotatable bonds is 7. The van der Waals surface area contributed by atoms with Gasteiger partial charge in [0.15, 0.2) is 5.96 Å². The predicted molar refractivity (Wildman–Crippen MR) is 103 cm³/mol. The Morgan fingerprint density at radius 2 is 2.04 bits per heavy atom. The van der Waals surface area contributed by atoms with Crippen LogP contribution in [0.15, 0.2) is 35.3 Å². The van der Waals surface area contributed by atoms with Crippen molar-refractivity contribution in [3.05, 3.63) is 35.9 Å². The fourth-order valence-corrected chi connectivity index (χ4v) is 3.69. The van der Waals surface area contributed by atoms with E-state index in [0.717, 1.165) is 45.0 Å². The third-order valence-corrected chi connectivity index (χ3v) is 5.23.